The van der Waals surface area contributed by atoms with E-state index in [-0.39, 0.29) is 25.4 Å². The predicted molar refractivity (Wildman–Crippen MR) is 39.2 cm³/mol. The van der Waals surface area contributed by atoms with Crippen molar-refractivity contribution in [1.82, 2.24) is 5.32 Å². The van der Waals surface area contributed by atoms with E-state index >= 15 is 0 Å². The first kappa shape index (κ1) is 11.0. The maximum absolute atomic E-state index is 12.4. The molecule has 11 heavy (non-hydrogen) atoms. The summed E-state index contributed by atoms with van der Waals surface area (Å²) in [5.41, 5.74) is 0. The molecule has 1 aliphatic rings. The fourth-order valence-corrected chi connectivity index (χ4v) is 0.984. The molecule has 0 aromatic carbocycles. The first-order valence-electron chi connectivity index (χ1n) is 3.35. The Bertz CT molecular complexity index is 120. The Balaban J connectivity index is 0.000001000. The molecule has 0 aliphatic carbocycles. The monoisotopic (exact) mass is 189 g/mol. The van der Waals surface area contributed by atoms with Crippen molar-refractivity contribution in [3.8, 4) is 0 Å². The lowest BCUT2D eigenvalue weighted by molar-refractivity contribution is -0.0714. The van der Waals surface area contributed by atoms with Crippen LogP contribution in [0.3, 0.4) is 0 Å². The maximum atomic E-state index is 12.4. The number of nitrogens with one attached hydrogen (secondary N) is 1. The molecule has 5 heteroatoms. The number of rotatable bonds is 0. The first-order chi connectivity index (χ1) is 4.63. The van der Waals surface area contributed by atoms with Gasteiger partial charge >= 0.3 is 0 Å². The van der Waals surface area contributed by atoms with Gasteiger partial charge in [-0.15, -0.1) is 12.4 Å². The van der Waals surface area contributed by atoms with Crippen LogP contribution in [0, 0.1) is 0 Å². The summed E-state index contributed by atoms with van der Waals surface area (Å²) in [5.74, 6) is -3.11. The minimum Gasteiger partial charge on any atom is -0.314 e. The highest BCUT2D eigenvalue weighted by molar-refractivity contribution is 5.85. The number of alkyl halides is 3. The summed E-state index contributed by atoms with van der Waals surface area (Å²) in [5, 5.41) is 2.60. The van der Waals surface area contributed by atoms with Gasteiger partial charge in [0.05, 0.1) is 0 Å². The lowest BCUT2D eigenvalue weighted by Crippen LogP contribution is -2.34. The average Bonchev–Trinajstić information content (AvgIpc) is 1.96. The van der Waals surface area contributed by atoms with Crippen molar-refractivity contribution in [2.75, 3.05) is 13.1 Å². The van der Waals surface area contributed by atoms with E-state index in [0.717, 1.165) is 0 Å². The Kier molecular flexibility index (Phi) is 4.18. The van der Waals surface area contributed by atoms with Crippen molar-refractivity contribution < 1.29 is 13.2 Å². The molecule has 0 spiro atoms. The SMILES string of the molecule is Cl.F[C@H]1CNCCCC1(F)F. The second-order valence-electron chi connectivity index (χ2n) is 2.54. The van der Waals surface area contributed by atoms with Crippen LogP contribution in [0.2, 0.25) is 0 Å². The zero-order valence-corrected chi connectivity index (χ0v) is 6.76. The van der Waals surface area contributed by atoms with Crippen LogP contribution in [0.1, 0.15) is 12.8 Å². The minimum atomic E-state index is -3.11. The largest absolute Gasteiger partial charge is 0.314 e. The maximum Gasteiger partial charge on any atom is 0.280 e. The number of hydrogen-bond acceptors (Lipinski definition) is 1. The molecule has 1 N–H and O–H groups in total. The molecule has 68 valence electrons. The van der Waals surface area contributed by atoms with Crippen LogP contribution in [0.25, 0.3) is 0 Å². The van der Waals surface area contributed by atoms with Crippen LogP contribution >= 0.6 is 12.4 Å². The molecular weight excluding hydrogens is 179 g/mol. The van der Waals surface area contributed by atoms with Gasteiger partial charge in [-0.25, -0.2) is 13.2 Å². The number of halogens is 4. The summed E-state index contributed by atoms with van der Waals surface area (Å²) in [6, 6.07) is 0. The molecule has 0 radical (unpaired) electrons. The highest BCUT2D eigenvalue weighted by Gasteiger charge is 2.40. The van der Waals surface area contributed by atoms with Crippen LogP contribution in [0.5, 0.6) is 0 Å². The van der Waals surface area contributed by atoms with Crippen LogP contribution in [0.15, 0.2) is 0 Å². The Morgan fingerprint density at radius 2 is 2.00 bits per heavy atom. The Morgan fingerprint density at radius 3 is 2.64 bits per heavy atom. The highest BCUT2D eigenvalue weighted by Crippen LogP contribution is 2.27. The molecule has 1 rings (SSSR count). The van der Waals surface area contributed by atoms with Crippen molar-refractivity contribution in [2.45, 2.75) is 24.9 Å². The molecule has 0 aromatic heterocycles. The molecule has 1 fully saturated rings. The van der Waals surface area contributed by atoms with E-state index in [1.165, 1.54) is 0 Å². The van der Waals surface area contributed by atoms with Gasteiger partial charge in [-0.1, -0.05) is 0 Å². The average molecular weight is 190 g/mol. The van der Waals surface area contributed by atoms with Crippen molar-refractivity contribution >= 4 is 12.4 Å². The van der Waals surface area contributed by atoms with E-state index < -0.39 is 12.1 Å². The summed E-state index contributed by atoms with van der Waals surface area (Å²) in [7, 11) is 0. The molecule has 0 saturated carbocycles. The fourth-order valence-electron chi connectivity index (χ4n) is 0.984. The molecule has 1 heterocycles. The standard InChI is InChI=1S/C6H10F3N.ClH/c7-5-4-10-3-1-2-6(5,8)9;/h5,10H,1-4H2;1H/t5-;/m0./s1. The minimum absolute atomic E-state index is 0. The molecule has 1 saturated heterocycles. The Hall–Kier alpha value is 0.0400. The normalized spacial score (nSPS) is 30.3. The third kappa shape index (κ3) is 2.87. The van der Waals surface area contributed by atoms with Gasteiger partial charge in [0.2, 0.25) is 0 Å². The van der Waals surface area contributed by atoms with Gasteiger partial charge in [0.15, 0.2) is 6.17 Å². The summed E-state index contributed by atoms with van der Waals surface area (Å²) in [6.07, 6.45) is -1.98. The predicted octanol–water partition coefficient (Wildman–Crippen LogP) is 1.77. The van der Waals surface area contributed by atoms with Crippen molar-refractivity contribution in [2.24, 2.45) is 0 Å². The molecule has 1 nitrogen and oxygen atoms in total. The van der Waals surface area contributed by atoms with Crippen molar-refractivity contribution in [3.05, 3.63) is 0 Å². The van der Waals surface area contributed by atoms with Crippen molar-refractivity contribution in [3.63, 3.8) is 0 Å². The van der Waals surface area contributed by atoms with E-state index in [0.29, 0.717) is 13.0 Å². The van der Waals surface area contributed by atoms with Crippen molar-refractivity contribution in [1.29, 1.82) is 0 Å². The summed E-state index contributed by atoms with van der Waals surface area (Å²) < 4.78 is 37.3. The van der Waals surface area contributed by atoms with E-state index in [1.54, 1.807) is 0 Å². The van der Waals surface area contributed by atoms with Crippen LogP contribution in [0.4, 0.5) is 13.2 Å². The summed E-state index contributed by atoms with van der Waals surface area (Å²) in [6.45, 7) is 0.281. The lowest BCUT2D eigenvalue weighted by Gasteiger charge is -2.16. The van der Waals surface area contributed by atoms with E-state index in [4.69, 9.17) is 0 Å². The zero-order chi connectivity index (χ0) is 7.61. The van der Waals surface area contributed by atoms with Gasteiger partial charge in [0, 0.05) is 13.0 Å². The highest BCUT2D eigenvalue weighted by atomic mass is 35.5. The molecule has 1 atom stereocenters. The van der Waals surface area contributed by atoms with E-state index in [1.807, 2.05) is 0 Å². The van der Waals surface area contributed by atoms with E-state index in [9.17, 15) is 13.2 Å². The van der Waals surface area contributed by atoms with Crippen LogP contribution in [-0.2, 0) is 0 Å². The van der Waals surface area contributed by atoms with E-state index in [2.05, 4.69) is 5.32 Å². The molecular formula is C6H11ClF3N. The topological polar surface area (TPSA) is 12.0 Å². The third-order valence-corrected chi connectivity index (χ3v) is 1.65. The van der Waals surface area contributed by atoms with Gasteiger partial charge in [0.1, 0.15) is 0 Å². The molecule has 0 bridgehead atoms. The lowest BCUT2D eigenvalue weighted by atomic mass is 10.1. The van der Waals surface area contributed by atoms with Gasteiger partial charge < -0.3 is 5.32 Å². The summed E-state index contributed by atoms with van der Waals surface area (Å²) in [4.78, 5) is 0. The van der Waals surface area contributed by atoms with Gasteiger partial charge in [-0.3, -0.25) is 0 Å². The second kappa shape index (κ2) is 4.16. The van der Waals surface area contributed by atoms with Gasteiger partial charge in [-0.05, 0) is 13.0 Å². The third-order valence-electron chi connectivity index (χ3n) is 1.65. The second-order valence-corrected chi connectivity index (χ2v) is 2.54. The van der Waals surface area contributed by atoms with Crippen LogP contribution < -0.4 is 5.32 Å². The smallest absolute Gasteiger partial charge is 0.280 e. The quantitative estimate of drug-likeness (QED) is 0.613. The van der Waals surface area contributed by atoms with Gasteiger partial charge in [-0.2, -0.15) is 0 Å². The molecule has 0 aromatic rings. The summed E-state index contributed by atoms with van der Waals surface area (Å²) >= 11 is 0. The first-order valence-corrected chi connectivity index (χ1v) is 3.35. The number of hydrogen-bond donors (Lipinski definition) is 1. The fraction of sp³-hybridized carbons (Fsp3) is 1.00. The molecule has 0 amide bonds. The zero-order valence-electron chi connectivity index (χ0n) is 5.95. The molecule has 1 aliphatic heterocycles. The van der Waals surface area contributed by atoms with Crippen LogP contribution in [-0.4, -0.2) is 25.2 Å². The van der Waals surface area contributed by atoms with Gasteiger partial charge in [0.25, 0.3) is 5.92 Å². The Morgan fingerprint density at radius 1 is 1.36 bits per heavy atom. The Labute approximate surface area is 69.8 Å². The molecule has 0 unspecified atom stereocenters.